The van der Waals surface area contributed by atoms with Crippen molar-refractivity contribution in [3.8, 4) is 0 Å². The molecule has 0 saturated heterocycles. The summed E-state index contributed by atoms with van der Waals surface area (Å²) in [6, 6.07) is 0. The van der Waals surface area contributed by atoms with Crippen molar-refractivity contribution in [3.63, 3.8) is 0 Å². The predicted molar refractivity (Wildman–Crippen MR) is 87.0 cm³/mol. The van der Waals surface area contributed by atoms with E-state index in [1.165, 1.54) is 0 Å². The minimum absolute atomic E-state index is 0.0425. The summed E-state index contributed by atoms with van der Waals surface area (Å²) in [5.74, 6) is -0.992. The van der Waals surface area contributed by atoms with Gasteiger partial charge in [-0.3, -0.25) is 13.9 Å². The molecule has 0 aromatic carbocycles. The molecule has 0 saturated carbocycles. The minimum Gasteiger partial charge on any atom is -0.481 e. The van der Waals surface area contributed by atoms with Gasteiger partial charge in [0.1, 0.15) is 0 Å². The fraction of sp³-hybridized carbons (Fsp3) is 0.923. The van der Waals surface area contributed by atoms with Crippen LogP contribution < -0.4 is 0 Å². The van der Waals surface area contributed by atoms with E-state index in [-0.39, 0.29) is 45.7 Å². The van der Waals surface area contributed by atoms with Gasteiger partial charge >= 0.3 is 21.2 Å². The molecule has 10 heteroatoms. The summed E-state index contributed by atoms with van der Waals surface area (Å²) >= 11 is 0. The van der Waals surface area contributed by atoms with Gasteiger partial charge in [-0.05, 0) is 40.5 Å². The van der Waals surface area contributed by atoms with Gasteiger partial charge in [0.15, 0.2) is 5.40 Å². The average molecular weight is 374 g/mol. The molecule has 0 atom stereocenters. The minimum atomic E-state index is -3.78. The summed E-state index contributed by atoms with van der Waals surface area (Å²) in [7, 11) is -7.55. The van der Waals surface area contributed by atoms with E-state index in [1.54, 1.807) is 27.7 Å². The predicted octanol–water partition coefficient (Wildman–Crippen LogP) is 4.10. The summed E-state index contributed by atoms with van der Waals surface area (Å²) in [5, 5.41) is 7.64. The highest BCUT2D eigenvalue weighted by Crippen LogP contribution is 2.71. The summed E-state index contributed by atoms with van der Waals surface area (Å²) in [6.45, 7) is 6.99. The maximum absolute atomic E-state index is 13.1. The Bertz CT molecular complexity index is 390. The largest absolute Gasteiger partial charge is 0.481 e. The second kappa shape index (κ2) is 11.3. The van der Waals surface area contributed by atoms with Crippen LogP contribution in [0.15, 0.2) is 0 Å². The van der Waals surface area contributed by atoms with Crippen LogP contribution in [0.3, 0.4) is 0 Å². The summed E-state index contributed by atoms with van der Waals surface area (Å²) in [6.07, 6.45) is 0.0577. The maximum Gasteiger partial charge on any atom is 0.345 e. The molecule has 0 rings (SSSR count). The molecule has 0 spiro atoms. The van der Waals surface area contributed by atoms with Crippen LogP contribution in [0.5, 0.6) is 0 Å². The molecule has 0 fully saturated rings. The van der Waals surface area contributed by atoms with E-state index < -0.39 is 26.6 Å². The van der Waals surface area contributed by atoms with Crippen molar-refractivity contribution in [3.05, 3.63) is 0 Å². The van der Waals surface area contributed by atoms with Crippen LogP contribution in [0.4, 0.5) is 0 Å². The first-order chi connectivity index (χ1) is 10.8. The van der Waals surface area contributed by atoms with E-state index in [1.807, 2.05) is 0 Å². The van der Waals surface area contributed by atoms with Crippen molar-refractivity contribution < 1.29 is 37.1 Å². The zero-order valence-corrected chi connectivity index (χ0v) is 16.0. The van der Waals surface area contributed by atoms with Crippen LogP contribution in [0.25, 0.3) is 0 Å². The highest BCUT2D eigenvalue weighted by atomic mass is 31.2. The van der Waals surface area contributed by atoms with Crippen molar-refractivity contribution in [2.45, 2.75) is 52.4 Å². The first-order valence-electron chi connectivity index (χ1n) is 7.78. The lowest BCUT2D eigenvalue weighted by Crippen LogP contribution is -2.18. The molecule has 0 radical (unpaired) electrons. The molecule has 0 aliphatic rings. The molecule has 0 aliphatic carbocycles. The molecule has 0 amide bonds. The first kappa shape index (κ1) is 22.8. The number of carboxylic acid groups (broad SMARTS) is 1. The van der Waals surface area contributed by atoms with Crippen LogP contribution in [0.1, 0.15) is 47.0 Å². The molecule has 0 aromatic heterocycles. The van der Waals surface area contributed by atoms with Gasteiger partial charge in [0.2, 0.25) is 0 Å². The lowest BCUT2D eigenvalue weighted by molar-refractivity contribution is -0.137. The highest BCUT2D eigenvalue weighted by Gasteiger charge is 2.50. The average Bonchev–Trinajstić information content (AvgIpc) is 2.44. The van der Waals surface area contributed by atoms with Crippen LogP contribution in [0.2, 0.25) is 0 Å². The van der Waals surface area contributed by atoms with Crippen LogP contribution in [-0.4, -0.2) is 42.9 Å². The molecular weight excluding hydrogens is 346 g/mol. The smallest absolute Gasteiger partial charge is 0.345 e. The third kappa shape index (κ3) is 7.46. The highest BCUT2D eigenvalue weighted by molar-refractivity contribution is 7.72. The van der Waals surface area contributed by atoms with Crippen LogP contribution in [0, 0.1) is 0 Å². The molecule has 0 heterocycles. The lowest BCUT2D eigenvalue weighted by Gasteiger charge is -2.31. The Hall–Kier alpha value is -0.230. The standard InChI is InChI=1S/C13H28O8P2/c1-5-18-22(16,19-6-2)13(11-9-10-12(14)15)23(17,20-7-3)21-8-4/h13H,5-11H2,1-4H3,(H,14,15). The quantitative estimate of drug-likeness (QED) is 0.453. The zero-order chi connectivity index (χ0) is 17.9. The van der Waals surface area contributed by atoms with Crippen molar-refractivity contribution in [2.75, 3.05) is 26.4 Å². The Balaban J connectivity index is 5.59. The Morgan fingerprint density at radius 2 is 1.22 bits per heavy atom. The summed E-state index contributed by atoms with van der Waals surface area (Å²) in [4.78, 5) is 10.7. The van der Waals surface area contributed by atoms with Gasteiger partial charge in [-0.2, -0.15) is 0 Å². The van der Waals surface area contributed by atoms with Crippen molar-refractivity contribution in [1.82, 2.24) is 0 Å². The molecule has 0 aromatic rings. The van der Waals surface area contributed by atoms with E-state index in [9.17, 15) is 13.9 Å². The van der Waals surface area contributed by atoms with Crippen LogP contribution in [-0.2, 0) is 32.0 Å². The van der Waals surface area contributed by atoms with Gasteiger partial charge < -0.3 is 23.2 Å². The summed E-state index contributed by atoms with van der Waals surface area (Å²) < 4.78 is 47.3. The number of hydrogen-bond acceptors (Lipinski definition) is 7. The van der Waals surface area contributed by atoms with Crippen LogP contribution >= 0.6 is 15.2 Å². The Morgan fingerprint density at radius 1 is 0.870 bits per heavy atom. The fourth-order valence-corrected chi connectivity index (χ4v) is 7.52. The first-order valence-corrected chi connectivity index (χ1v) is 11.0. The van der Waals surface area contributed by atoms with Gasteiger partial charge in [0.25, 0.3) is 0 Å². The topological polar surface area (TPSA) is 108 Å². The van der Waals surface area contributed by atoms with Crippen molar-refractivity contribution in [1.29, 1.82) is 0 Å². The number of aliphatic carboxylic acids is 1. The molecule has 0 aliphatic heterocycles. The van der Waals surface area contributed by atoms with Gasteiger partial charge in [0.05, 0.1) is 26.4 Å². The van der Waals surface area contributed by atoms with E-state index in [2.05, 4.69) is 0 Å². The third-order valence-electron chi connectivity index (χ3n) is 2.82. The fourth-order valence-electron chi connectivity index (χ4n) is 2.06. The van der Waals surface area contributed by atoms with E-state index in [0.29, 0.717) is 0 Å². The number of hydrogen-bond donors (Lipinski definition) is 1. The molecule has 0 unspecified atom stereocenters. The van der Waals surface area contributed by atoms with E-state index >= 15 is 0 Å². The van der Waals surface area contributed by atoms with E-state index in [0.717, 1.165) is 0 Å². The zero-order valence-electron chi connectivity index (χ0n) is 14.2. The van der Waals surface area contributed by atoms with Gasteiger partial charge in [-0.15, -0.1) is 0 Å². The monoisotopic (exact) mass is 374 g/mol. The molecule has 0 bridgehead atoms. The second-order valence-electron chi connectivity index (χ2n) is 4.52. The maximum atomic E-state index is 13.1. The van der Waals surface area contributed by atoms with Crippen molar-refractivity contribution >= 4 is 21.2 Å². The van der Waals surface area contributed by atoms with Gasteiger partial charge in [-0.25, -0.2) is 0 Å². The van der Waals surface area contributed by atoms with Gasteiger partial charge in [-0.1, -0.05) is 0 Å². The van der Waals surface area contributed by atoms with Crippen molar-refractivity contribution in [2.24, 2.45) is 0 Å². The van der Waals surface area contributed by atoms with Gasteiger partial charge in [0, 0.05) is 6.42 Å². The Morgan fingerprint density at radius 3 is 1.48 bits per heavy atom. The molecular formula is C13H28O8P2. The Labute approximate surface area is 137 Å². The molecule has 8 nitrogen and oxygen atoms in total. The summed E-state index contributed by atoms with van der Waals surface area (Å²) in [5.41, 5.74) is 0. The number of carboxylic acids is 1. The molecule has 138 valence electrons. The second-order valence-corrected chi connectivity index (χ2v) is 9.36. The SMILES string of the molecule is CCOP(=O)(OCC)C(CCCC(=O)O)P(=O)(OCC)OCC. The molecule has 1 N–H and O–H groups in total. The van der Waals surface area contributed by atoms with E-state index in [4.69, 9.17) is 23.2 Å². The third-order valence-corrected chi connectivity index (χ3v) is 8.97. The number of carbonyl (C=O) groups is 1. The lowest BCUT2D eigenvalue weighted by atomic mass is 10.2. The normalized spacial score (nSPS) is 12.7. The Kier molecular flexibility index (Phi) is 11.2. The molecule has 23 heavy (non-hydrogen) atoms. The number of rotatable bonds is 14.